The molecule has 3 nitrogen and oxygen atoms in total. The Morgan fingerprint density at radius 3 is 2.81 bits per heavy atom. The first kappa shape index (κ1) is 11.3. The Kier molecular flexibility index (Phi) is 3.72. The molecule has 0 unspecified atom stereocenters. The summed E-state index contributed by atoms with van der Waals surface area (Å²) in [6.45, 7) is -0.243. The summed E-state index contributed by atoms with van der Waals surface area (Å²) in [4.78, 5) is 3.89. The molecule has 1 fully saturated rings. The Morgan fingerprint density at radius 1 is 1.38 bits per heavy atom. The van der Waals surface area contributed by atoms with E-state index in [4.69, 9.17) is 9.84 Å². The van der Waals surface area contributed by atoms with E-state index < -0.39 is 5.82 Å². The van der Waals surface area contributed by atoms with Gasteiger partial charge in [-0.2, -0.15) is 0 Å². The first-order chi connectivity index (χ1) is 7.79. The highest BCUT2D eigenvalue weighted by atomic mass is 19.1. The molecule has 16 heavy (non-hydrogen) atoms. The number of aliphatic hydroxyl groups is 1. The highest BCUT2D eigenvalue weighted by Gasteiger charge is 2.17. The van der Waals surface area contributed by atoms with Crippen LogP contribution in [0, 0.1) is 5.82 Å². The van der Waals surface area contributed by atoms with Gasteiger partial charge in [0.2, 0.25) is 5.88 Å². The second-order valence-corrected chi connectivity index (χ2v) is 4.15. The largest absolute Gasteiger partial charge is 0.474 e. The molecule has 1 saturated carbocycles. The minimum absolute atomic E-state index is 0.164. The van der Waals surface area contributed by atoms with E-state index in [0.717, 1.165) is 19.0 Å². The van der Waals surface area contributed by atoms with Crippen LogP contribution >= 0.6 is 0 Å². The molecule has 0 amide bonds. The van der Waals surface area contributed by atoms with Crippen molar-refractivity contribution in [1.82, 2.24) is 4.98 Å². The fourth-order valence-corrected chi connectivity index (χ4v) is 2.03. The third-order valence-electron chi connectivity index (χ3n) is 2.89. The Hall–Kier alpha value is -1.16. The predicted octanol–water partition coefficient (Wildman–Crippen LogP) is 2.42. The molecular formula is C12H16FNO2. The van der Waals surface area contributed by atoms with E-state index >= 15 is 0 Å². The van der Waals surface area contributed by atoms with Gasteiger partial charge in [0, 0.05) is 5.56 Å². The minimum atomic E-state index is -0.444. The summed E-state index contributed by atoms with van der Waals surface area (Å²) in [6.07, 6.45) is 6.91. The normalized spacial score (nSPS) is 17.4. The van der Waals surface area contributed by atoms with E-state index in [1.54, 1.807) is 0 Å². The van der Waals surface area contributed by atoms with E-state index in [1.165, 1.54) is 25.3 Å². The lowest BCUT2D eigenvalue weighted by atomic mass is 9.98. The molecule has 1 aromatic rings. The van der Waals surface area contributed by atoms with Gasteiger partial charge < -0.3 is 9.84 Å². The molecule has 0 aromatic carbocycles. The molecule has 0 saturated heterocycles. The van der Waals surface area contributed by atoms with Gasteiger partial charge in [0.25, 0.3) is 0 Å². The van der Waals surface area contributed by atoms with Gasteiger partial charge in [-0.05, 0) is 31.7 Å². The summed E-state index contributed by atoms with van der Waals surface area (Å²) in [6, 6.07) is 1.27. The average molecular weight is 225 g/mol. The van der Waals surface area contributed by atoms with Crippen molar-refractivity contribution in [3.05, 3.63) is 23.6 Å². The zero-order chi connectivity index (χ0) is 11.4. The zero-order valence-electron chi connectivity index (χ0n) is 9.16. The van der Waals surface area contributed by atoms with Crippen LogP contribution in [0.5, 0.6) is 5.88 Å². The van der Waals surface area contributed by atoms with Gasteiger partial charge in [-0.15, -0.1) is 0 Å². The molecule has 0 radical (unpaired) electrons. The maximum absolute atomic E-state index is 12.9. The highest BCUT2D eigenvalue weighted by Crippen LogP contribution is 2.24. The molecule has 1 aliphatic carbocycles. The number of hydrogen-bond acceptors (Lipinski definition) is 3. The molecule has 2 rings (SSSR count). The van der Waals surface area contributed by atoms with Crippen LogP contribution in [0.2, 0.25) is 0 Å². The van der Waals surface area contributed by atoms with Crippen LogP contribution in [-0.2, 0) is 6.61 Å². The predicted molar refractivity (Wildman–Crippen MR) is 57.6 cm³/mol. The number of nitrogens with zero attached hydrogens (tertiary/aromatic N) is 1. The van der Waals surface area contributed by atoms with Crippen molar-refractivity contribution in [3.63, 3.8) is 0 Å². The lowest BCUT2D eigenvalue weighted by molar-refractivity contribution is 0.143. The molecule has 1 aromatic heterocycles. The number of halogens is 1. The van der Waals surface area contributed by atoms with E-state index in [0.29, 0.717) is 11.4 Å². The number of aromatic nitrogens is 1. The van der Waals surface area contributed by atoms with Crippen molar-refractivity contribution in [3.8, 4) is 5.88 Å². The Morgan fingerprint density at radius 2 is 2.12 bits per heavy atom. The van der Waals surface area contributed by atoms with Crippen LogP contribution in [0.4, 0.5) is 4.39 Å². The topological polar surface area (TPSA) is 42.4 Å². The van der Waals surface area contributed by atoms with Gasteiger partial charge in [0.1, 0.15) is 11.9 Å². The van der Waals surface area contributed by atoms with Crippen molar-refractivity contribution in [2.75, 3.05) is 0 Å². The van der Waals surface area contributed by atoms with Crippen LogP contribution in [0.15, 0.2) is 12.3 Å². The monoisotopic (exact) mass is 225 g/mol. The fraction of sp³-hybridized carbons (Fsp3) is 0.583. The van der Waals surface area contributed by atoms with E-state index in [1.807, 2.05) is 0 Å². The van der Waals surface area contributed by atoms with Crippen LogP contribution in [0.1, 0.15) is 37.7 Å². The van der Waals surface area contributed by atoms with Crippen LogP contribution in [0.25, 0.3) is 0 Å². The second kappa shape index (κ2) is 5.25. The first-order valence-electron chi connectivity index (χ1n) is 5.71. The van der Waals surface area contributed by atoms with Crippen molar-refractivity contribution in [2.45, 2.75) is 44.8 Å². The van der Waals surface area contributed by atoms with Gasteiger partial charge in [-0.1, -0.05) is 6.42 Å². The number of hydrogen-bond donors (Lipinski definition) is 1. The number of aliphatic hydroxyl groups excluding tert-OH is 1. The quantitative estimate of drug-likeness (QED) is 0.859. The Bertz CT molecular complexity index is 351. The average Bonchev–Trinajstić information content (AvgIpc) is 2.33. The van der Waals surface area contributed by atoms with Crippen molar-refractivity contribution >= 4 is 0 Å². The second-order valence-electron chi connectivity index (χ2n) is 4.15. The zero-order valence-corrected chi connectivity index (χ0v) is 9.16. The molecule has 4 heteroatoms. The van der Waals surface area contributed by atoms with Crippen molar-refractivity contribution in [2.24, 2.45) is 0 Å². The third kappa shape index (κ3) is 2.70. The fourth-order valence-electron chi connectivity index (χ4n) is 2.03. The Balaban J connectivity index is 2.07. The van der Waals surface area contributed by atoms with Gasteiger partial charge in [-0.3, -0.25) is 0 Å². The maximum atomic E-state index is 12.9. The molecule has 1 N–H and O–H groups in total. The summed E-state index contributed by atoms with van der Waals surface area (Å²) >= 11 is 0. The van der Waals surface area contributed by atoms with Crippen molar-refractivity contribution in [1.29, 1.82) is 0 Å². The van der Waals surface area contributed by atoms with Gasteiger partial charge in [0.15, 0.2) is 0 Å². The SMILES string of the molecule is OCc1cc(F)cnc1OC1CCCCC1. The van der Waals surface area contributed by atoms with Crippen LogP contribution < -0.4 is 4.74 Å². The summed E-state index contributed by atoms with van der Waals surface area (Å²) in [5, 5.41) is 9.09. The summed E-state index contributed by atoms with van der Waals surface area (Å²) in [5.41, 5.74) is 0.422. The van der Waals surface area contributed by atoms with E-state index in [9.17, 15) is 4.39 Å². The van der Waals surface area contributed by atoms with Gasteiger partial charge in [0.05, 0.1) is 12.8 Å². The molecule has 1 heterocycles. The van der Waals surface area contributed by atoms with E-state index in [2.05, 4.69) is 4.98 Å². The van der Waals surface area contributed by atoms with Crippen molar-refractivity contribution < 1.29 is 14.2 Å². The summed E-state index contributed by atoms with van der Waals surface area (Å²) < 4.78 is 18.6. The lowest BCUT2D eigenvalue weighted by Gasteiger charge is -2.23. The molecule has 0 aliphatic heterocycles. The Labute approximate surface area is 94.3 Å². The first-order valence-corrected chi connectivity index (χ1v) is 5.71. The summed E-state index contributed by atoms with van der Waals surface area (Å²) in [7, 11) is 0. The van der Waals surface area contributed by atoms with Crippen LogP contribution in [-0.4, -0.2) is 16.2 Å². The molecule has 0 bridgehead atoms. The van der Waals surface area contributed by atoms with Gasteiger partial charge in [-0.25, -0.2) is 9.37 Å². The number of rotatable bonds is 3. The molecule has 1 aliphatic rings. The highest BCUT2D eigenvalue weighted by molar-refractivity contribution is 5.25. The molecule has 0 atom stereocenters. The third-order valence-corrected chi connectivity index (χ3v) is 2.89. The standard InChI is InChI=1S/C12H16FNO2/c13-10-6-9(8-15)12(14-7-10)16-11-4-2-1-3-5-11/h6-7,11,15H,1-5,8H2. The van der Waals surface area contributed by atoms with Gasteiger partial charge >= 0.3 is 0 Å². The minimum Gasteiger partial charge on any atom is -0.474 e. The van der Waals surface area contributed by atoms with Crippen LogP contribution in [0.3, 0.4) is 0 Å². The smallest absolute Gasteiger partial charge is 0.219 e. The summed E-state index contributed by atoms with van der Waals surface area (Å²) in [5.74, 6) is -0.0733. The van der Waals surface area contributed by atoms with E-state index in [-0.39, 0.29) is 12.7 Å². The maximum Gasteiger partial charge on any atom is 0.219 e. The lowest BCUT2D eigenvalue weighted by Crippen LogP contribution is -2.21. The number of ether oxygens (including phenoxy) is 1. The number of pyridine rings is 1. The molecular weight excluding hydrogens is 209 g/mol. The molecule has 88 valence electrons. The molecule has 0 spiro atoms.